The van der Waals surface area contributed by atoms with E-state index in [9.17, 15) is 0 Å². The first-order chi connectivity index (χ1) is 9.26. The lowest BCUT2D eigenvalue weighted by molar-refractivity contribution is 0.196. The summed E-state index contributed by atoms with van der Waals surface area (Å²) in [5.41, 5.74) is 6.33. The van der Waals surface area contributed by atoms with Crippen molar-refractivity contribution in [2.45, 2.75) is 51.9 Å². The van der Waals surface area contributed by atoms with Crippen molar-refractivity contribution >= 4 is 16.3 Å². The molecule has 1 aliphatic carbocycles. The average molecular weight is 279 g/mol. The minimum absolute atomic E-state index is 0.272. The van der Waals surface area contributed by atoms with Crippen molar-refractivity contribution in [2.24, 2.45) is 11.1 Å². The Morgan fingerprint density at radius 1 is 1.26 bits per heavy atom. The van der Waals surface area contributed by atoms with Gasteiger partial charge < -0.3 is 5.73 Å². The summed E-state index contributed by atoms with van der Waals surface area (Å²) in [5.74, 6) is 0.947. The quantitative estimate of drug-likeness (QED) is 0.931. The van der Waals surface area contributed by atoms with E-state index in [0.717, 1.165) is 35.2 Å². The molecule has 0 saturated heterocycles. The van der Waals surface area contributed by atoms with E-state index in [4.69, 9.17) is 5.73 Å². The van der Waals surface area contributed by atoms with Crippen LogP contribution in [0.5, 0.6) is 0 Å². The Bertz CT molecular complexity index is 552. The predicted molar refractivity (Wildman–Crippen MR) is 76.3 cm³/mol. The van der Waals surface area contributed by atoms with E-state index in [1.54, 1.807) is 11.3 Å². The minimum Gasteiger partial charge on any atom is -0.330 e. The molecular weight excluding hydrogens is 258 g/mol. The van der Waals surface area contributed by atoms with Gasteiger partial charge in [-0.25, -0.2) is 0 Å². The van der Waals surface area contributed by atoms with Crippen molar-refractivity contribution in [3.63, 3.8) is 0 Å². The normalized spacial score (nSPS) is 19.1. The number of hydrogen-bond donors (Lipinski definition) is 1. The maximum Gasteiger partial charge on any atom is 0.234 e. The number of fused-ring (bicyclic) bond motifs is 1. The van der Waals surface area contributed by atoms with Crippen molar-refractivity contribution in [2.75, 3.05) is 6.54 Å². The first-order valence-electron chi connectivity index (χ1n) is 7.16. The molecule has 19 heavy (non-hydrogen) atoms. The summed E-state index contributed by atoms with van der Waals surface area (Å²) in [6.45, 7) is 2.85. The van der Waals surface area contributed by atoms with Gasteiger partial charge in [-0.05, 0) is 24.8 Å². The van der Waals surface area contributed by atoms with E-state index in [2.05, 4.69) is 22.2 Å². The Morgan fingerprint density at radius 3 is 2.74 bits per heavy atom. The SMILES string of the molecule is CCc1nnc2sc(CC3(CN)CCCCC3)nn12. The summed E-state index contributed by atoms with van der Waals surface area (Å²) in [4.78, 5) is 0.912. The molecule has 1 fully saturated rings. The lowest BCUT2D eigenvalue weighted by atomic mass is 9.72. The third-order valence-electron chi connectivity index (χ3n) is 4.29. The number of nitrogens with zero attached hydrogens (tertiary/aromatic N) is 4. The second kappa shape index (κ2) is 5.17. The standard InChI is InChI=1S/C13H21N5S/c1-2-10-15-16-12-18(10)17-11(19-12)8-13(9-14)6-4-3-5-7-13/h2-9,14H2,1H3. The highest BCUT2D eigenvalue weighted by molar-refractivity contribution is 7.16. The molecule has 6 heteroatoms. The Kier molecular flexibility index (Phi) is 3.54. The first kappa shape index (κ1) is 13.0. The van der Waals surface area contributed by atoms with E-state index < -0.39 is 0 Å². The van der Waals surface area contributed by atoms with Crippen LogP contribution in [0.15, 0.2) is 0 Å². The number of nitrogens with two attached hydrogens (primary N) is 1. The fourth-order valence-corrected chi connectivity index (χ4v) is 4.09. The molecule has 3 rings (SSSR count). The van der Waals surface area contributed by atoms with Gasteiger partial charge in [0.2, 0.25) is 4.96 Å². The summed E-state index contributed by atoms with van der Waals surface area (Å²) in [5, 5.41) is 14.2. The van der Waals surface area contributed by atoms with Gasteiger partial charge in [-0.2, -0.15) is 9.61 Å². The predicted octanol–water partition coefficient (Wildman–Crippen LogP) is 2.20. The van der Waals surface area contributed by atoms with Crippen LogP contribution in [0.4, 0.5) is 0 Å². The van der Waals surface area contributed by atoms with E-state index >= 15 is 0 Å². The number of rotatable bonds is 4. The molecule has 0 spiro atoms. The minimum atomic E-state index is 0.272. The van der Waals surface area contributed by atoms with Crippen LogP contribution in [0, 0.1) is 5.41 Å². The molecule has 0 atom stereocenters. The zero-order valence-electron chi connectivity index (χ0n) is 11.4. The van der Waals surface area contributed by atoms with E-state index in [0.29, 0.717) is 0 Å². The Labute approximate surface area is 117 Å². The topological polar surface area (TPSA) is 69.1 Å². The smallest absolute Gasteiger partial charge is 0.234 e. The van der Waals surface area contributed by atoms with Gasteiger partial charge in [-0.15, -0.1) is 10.2 Å². The number of hydrogen-bond acceptors (Lipinski definition) is 5. The van der Waals surface area contributed by atoms with Crippen LogP contribution in [0.3, 0.4) is 0 Å². The van der Waals surface area contributed by atoms with Crippen LogP contribution >= 0.6 is 11.3 Å². The summed E-state index contributed by atoms with van der Waals surface area (Å²) in [6, 6.07) is 0. The monoisotopic (exact) mass is 279 g/mol. The van der Waals surface area contributed by atoms with Crippen LogP contribution in [-0.4, -0.2) is 26.4 Å². The van der Waals surface area contributed by atoms with Crippen molar-refractivity contribution in [1.82, 2.24) is 19.8 Å². The maximum atomic E-state index is 6.05. The molecule has 0 aliphatic heterocycles. The molecule has 2 aromatic rings. The van der Waals surface area contributed by atoms with Crippen molar-refractivity contribution < 1.29 is 0 Å². The van der Waals surface area contributed by atoms with E-state index in [1.807, 2.05) is 4.52 Å². The summed E-state index contributed by atoms with van der Waals surface area (Å²) >= 11 is 1.66. The summed E-state index contributed by atoms with van der Waals surface area (Å²) in [6.07, 6.45) is 8.32. The Morgan fingerprint density at radius 2 is 2.05 bits per heavy atom. The second-order valence-corrected chi connectivity index (χ2v) is 6.64. The van der Waals surface area contributed by atoms with Crippen LogP contribution < -0.4 is 5.73 Å². The number of aromatic nitrogens is 4. The Balaban J connectivity index is 1.85. The van der Waals surface area contributed by atoms with Gasteiger partial charge in [0, 0.05) is 12.8 Å². The van der Waals surface area contributed by atoms with Crippen molar-refractivity contribution in [1.29, 1.82) is 0 Å². The molecule has 5 nitrogen and oxygen atoms in total. The fraction of sp³-hybridized carbons (Fsp3) is 0.769. The van der Waals surface area contributed by atoms with Crippen LogP contribution in [-0.2, 0) is 12.8 Å². The molecule has 2 heterocycles. The van der Waals surface area contributed by atoms with Gasteiger partial charge in [0.15, 0.2) is 5.82 Å². The number of aryl methyl sites for hydroxylation is 1. The van der Waals surface area contributed by atoms with Crippen molar-refractivity contribution in [3.8, 4) is 0 Å². The van der Waals surface area contributed by atoms with Gasteiger partial charge in [-0.1, -0.05) is 37.5 Å². The molecule has 104 valence electrons. The Hall–Kier alpha value is -1.01. The molecule has 0 amide bonds. The fourth-order valence-electron chi connectivity index (χ4n) is 3.06. The molecular formula is C13H21N5S. The van der Waals surface area contributed by atoms with Crippen LogP contribution in [0.2, 0.25) is 0 Å². The third-order valence-corrected chi connectivity index (χ3v) is 5.19. The van der Waals surface area contributed by atoms with Gasteiger partial charge in [-0.3, -0.25) is 0 Å². The molecule has 2 aromatic heterocycles. The molecule has 2 N–H and O–H groups in total. The summed E-state index contributed by atoms with van der Waals surface area (Å²) < 4.78 is 1.90. The molecule has 0 aromatic carbocycles. The zero-order valence-corrected chi connectivity index (χ0v) is 12.2. The van der Waals surface area contributed by atoms with Gasteiger partial charge in [0.1, 0.15) is 5.01 Å². The molecule has 0 radical (unpaired) electrons. The van der Waals surface area contributed by atoms with E-state index in [1.165, 1.54) is 32.1 Å². The van der Waals surface area contributed by atoms with Crippen LogP contribution in [0.1, 0.15) is 49.9 Å². The van der Waals surface area contributed by atoms with Gasteiger partial charge in [0.25, 0.3) is 0 Å². The molecule has 0 unspecified atom stereocenters. The second-order valence-electron chi connectivity index (χ2n) is 5.60. The van der Waals surface area contributed by atoms with E-state index in [-0.39, 0.29) is 5.41 Å². The highest BCUT2D eigenvalue weighted by Crippen LogP contribution is 2.39. The summed E-state index contributed by atoms with van der Waals surface area (Å²) in [7, 11) is 0. The highest BCUT2D eigenvalue weighted by Gasteiger charge is 2.32. The van der Waals surface area contributed by atoms with Gasteiger partial charge >= 0.3 is 0 Å². The van der Waals surface area contributed by atoms with Gasteiger partial charge in [0.05, 0.1) is 0 Å². The van der Waals surface area contributed by atoms with Crippen molar-refractivity contribution in [3.05, 3.63) is 10.8 Å². The maximum absolute atomic E-state index is 6.05. The first-order valence-corrected chi connectivity index (χ1v) is 7.98. The lowest BCUT2D eigenvalue weighted by Crippen LogP contribution is -2.34. The molecule has 1 saturated carbocycles. The van der Waals surface area contributed by atoms with Crippen LogP contribution in [0.25, 0.3) is 4.96 Å². The third kappa shape index (κ3) is 2.39. The molecule has 0 bridgehead atoms. The highest BCUT2D eigenvalue weighted by atomic mass is 32.1. The lowest BCUT2D eigenvalue weighted by Gasteiger charge is -2.35. The molecule has 1 aliphatic rings. The largest absolute Gasteiger partial charge is 0.330 e. The zero-order chi connectivity index (χ0) is 13.3. The average Bonchev–Trinajstić information content (AvgIpc) is 2.99.